The summed E-state index contributed by atoms with van der Waals surface area (Å²) in [7, 11) is 0. The van der Waals surface area contributed by atoms with Crippen LogP contribution in [0.5, 0.6) is 0 Å². The maximum Gasteiger partial charge on any atom is 0.0708 e. The standard InChI is InChI=1S/C13H19ClO/c1-4-13(15,10(2)3)9-11-6-5-7-12(14)8-11/h5-8,10,15H,4,9H2,1-3H3. The van der Waals surface area contributed by atoms with Gasteiger partial charge in [0.15, 0.2) is 0 Å². The lowest BCUT2D eigenvalue weighted by molar-refractivity contribution is -0.00828. The van der Waals surface area contributed by atoms with E-state index in [9.17, 15) is 5.11 Å². The van der Waals surface area contributed by atoms with Crippen LogP contribution in [0.2, 0.25) is 5.02 Å². The van der Waals surface area contributed by atoms with Crippen LogP contribution in [-0.2, 0) is 6.42 Å². The molecule has 0 aliphatic heterocycles. The van der Waals surface area contributed by atoms with Crippen molar-refractivity contribution in [2.45, 2.75) is 39.2 Å². The van der Waals surface area contributed by atoms with Gasteiger partial charge in [-0.3, -0.25) is 0 Å². The molecule has 0 bridgehead atoms. The number of rotatable bonds is 4. The molecule has 2 heteroatoms. The fourth-order valence-electron chi connectivity index (χ4n) is 1.74. The zero-order valence-electron chi connectivity index (χ0n) is 9.63. The molecule has 1 rings (SSSR count). The predicted octanol–water partition coefficient (Wildman–Crippen LogP) is 3.68. The first kappa shape index (κ1) is 12.5. The first-order valence-corrected chi connectivity index (χ1v) is 5.82. The lowest BCUT2D eigenvalue weighted by atomic mass is 9.82. The quantitative estimate of drug-likeness (QED) is 0.831. The first-order chi connectivity index (χ1) is 6.98. The van der Waals surface area contributed by atoms with Crippen molar-refractivity contribution in [3.05, 3.63) is 34.9 Å². The molecule has 1 nitrogen and oxygen atoms in total. The third-order valence-electron chi connectivity index (χ3n) is 3.09. The summed E-state index contributed by atoms with van der Waals surface area (Å²) in [5.41, 5.74) is 0.477. The molecule has 84 valence electrons. The van der Waals surface area contributed by atoms with Crippen LogP contribution in [0.25, 0.3) is 0 Å². The van der Waals surface area contributed by atoms with E-state index in [1.54, 1.807) is 0 Å². The maximum absolute atomic E-state index is 10.4. The average molecular weight is 227 g/mol. The minimum Gasteiger partial charge on any atom is -0.389 e. The summed E-state index contributed by atoms with van der Waals surface area (Å²) in [5, 5.41) is 11.1. The Bertz CT molecular complexity index is 322. The Morgan fingerprint density at radius 3 is 2.53 bits per heavy atom. The van der Waals surface area contributed by atoms with Crippen LogP contribution in [0.1, 0.15) is 32.8 Å². The number of hydrogen-bond donors (Lipinski definition) is 1. The highest BCUT2D eigenvalue weighted by Gasteiger charge is 2.28. The Labute approximate surface area is 97.1 Å². The molecule has 0 aliphatic carbocycles. The molecule has 0 fully saturated rings. The molecule has 0 radical (unpaired) electrons. The fourth-order valence-corrected chi connectivity index (χ4v) is 1.95. The monoisotopic (exact) mass is 226 g/mol. The summed E-state index contributed by atoms with van der Waals surface area (Å²) in [5.74, 6) is 0.251. The molecule has 1 aromatic carbocycles. The topological polar surface area (TPSA) is 20.2 Å². The Morgan fingerprint density at radius 1 is 1.40 bits per heavy atom. The van der Waals surface area contributed by atoms with E-state index in [1.807, 2.05) is 45.0 Å². The number of hydrogen-bond acceptors (Lipinski definition) is 1. The van der Waals surface area contributed by atoms with E-state index in [1.165, 1.54) is 0 Å². The van der Waals surface area contributed by atoms with Gasteiger partial charge >= 0.3 is 0 Å². The van der Waals surface area contributed by atoms with Gasteiger partial charge in [-0.05, 0) is 30.0 Å². The smallest absolute Gasteiger partial charge is 0.0708 e. The van der Waals surface area contributed by atoms with Crippen LogP contribution < -0.4 is 0 Å². The minimum absolute atomic E-state index is 0.251. The van der Waals surface area contributed by atoms with Gasteiger partial charge in [-0.1, -0.05) is 44.5 Å². The van der Waals surface area contributed by atoms with Gasteiger partial charge < -0.3 is 5.11 Å². The summed E-state index contributed by atoms with van der Waals surface area (Å²) >= 11 is 5.91. The fraction of sp³-hybridized carbons (Fsp3) is 0.538. The Hall–Kier alpha value is -0.530. The number of halogens is 1. The lowest BCUT2D eigenvalue weighted by Crippen LogP contribution is -2.36. The highest BCUT2D eigenvalue weighted by Crippen LogP contribution is 2.26. The SMILES string of the molecule is CCC(O)(Cc1cccc(Cl)c1)C(C)C. The van der Waals surface area contributed by atoms with E-state index in [0.717, 1.165) is 17.0 Å². The molecule has 15 heavy (non-hydrogen) atoms. The molecule has 1 unspecified atom stereocenters. The largest absolute Gasteiger partial charge is 0.389 e. The molecule has 0 aromatic heterocycles. The Balaban J connectivity index is 2.84. The van der Waals surface area contributed by atoms with Gasteiger partial charge in [-0.2, -0.15) is 0 Å². The number of benzene rings is 1. The van der Waals surface area contributed by atoms with E-state index in [2.05, 4.69) is 0 Å². The van der Waals surface area contributed by atoms with Crippen LogP contribution in [-0.4, -0.2) is 10.7 Å². The van der Waals surface area contributed by atoms with E-state index >= 15 is 0 Å². The molecule has 1 N–H and O–H groups in total. The summed E-state index contributed by atoms with van der Waals surface area (Å²) in [6.07, 6.45) is 1.43. The van der Waals surface area contributed by atoms with Crippen LogP contribution in [0, 0.1) is 5.92 Å². The van der Waals surface area contributed by atoms with E-state index in [0.29, 0.717) is 6.42 Å². The molecule has 0 amide bonds. The Kier molecular flexibility index (Phi) is 4.18. The van der Waals surface area contributed by atoms with Gasteiger partial charge in [0.05, 0.1) is 5.60 Å². The Morgan fingerprint density at radius 2 is 2.07 bits per heavy atom. The molecular weight excluding hydrogens is 208 g/mol. The van der Waals surface area contributed by atoms with E-state index in [4.69, 9.17) is 11.6 Å². The molecular formula is C13H19ClO. The second kappa shape index (κ2) is 5.00. The van der Waals surface area contributed by atoms with Crippen LogP contribution >= 0.6 is 11.6 Å². The van der Waals surface area contributed by atoms with Gasteiger partial charge in [-0.15, -0.1) is 0 Å². The van der Waals surface area contributed by atoms with Gasteiger partial charge in [0.25, 0.3) is 0 Å². The lowest BCUT2D eigenvalue weighted by Gasteiger charge is -2.31. The third-order valence-corrected chi connectivity index (χ3v) is 3.32. The summed E-state index contributed by atoms with van der Waals surface area (Å²) in [4.78, 5) is 0. The average Bonchev–Trinajstić information content (AvgIpc) is 2.17. The van der Waals surface area contributed by atoms with Crippen molar-refractivity contribution in [2.24, 2.45) is 5.92 Å². The highest BCUT2D eigenvalue weighted by molar-refractivity contribution is 6.30. The zero-order chi connectivity index (χ0) is 11.5. The zero-order valence-corrected chi connectivity index (χ0v) is 10.4. The van der Waals surface area contributed by atoms with Gasteiger partial charge in [0.1, 0.15) is 0 Å². The summed E-state index contributed by atoms with van der Waals surface area (Å²) < 4.78 is 0. The molecule has 0 aliphatic rings. The highest BCUT2D eigenvalue weighted by atomic mass is 35.5. The normalized spacial score (nSPS) is 15.3. The van der Waals surface area contributed by atoms with Crippen molar-refractivity contribution in [3.63, 3.8) is 0 Å². The minimum atomic E-state index is -0.620. The van der Waals surface area contributed by atoms with Crippen molar-refractivity contribution in [3.8, 4) is 0 Å². The summed E-state index contributed by atoms with van der Waals surface area (Å²) in [6.45, 7) is 6.12. The second-order valence-corrected chi connectivity index (χ2v) is 4.85. The van der Waals surface area contributed by atoms with Crippen molar-refractivity contribution >= 4 is 11.6 Å². The van der Waals surface area contributed by atoms with E-state index in [-0.39, 0.29) is 5.92 Å². The molecule has 0 saturated heterocycles. The maximum atomic E-state index is 10.4. The van der Waals surface area contributed by atoms with Crippen molar-refractivity contribution in [1.82, 2.24) is 0 Å². The molecule has 0 spiro atoms. The molecule has 1 aromatic rings. The van der Waals surface area contributed by atoms with Gasteiger partial charge in [0, 0.05) is 11.4 Å². The molecule has 0 saturated carbocycles. The number of aliphatic hydroxyl groups is 1. The second-order valence-electron chi connectivity index (χ2n) is 4.42. The molecule has 1 atom stereocenters. The van der Waals surface area contributed by atoms with Gasteiger partial charge in [-0.25, -0.2) is 0 Å². The summed E-state index contributed by atoms with van der Waals surface area (Å²) in [6, 6.07) is 7.71. The van der Waals surface area contributed by atoms with E-state index < -0.39 is 5.60 Å². The first-order valence-electron chi connectivity index (χ1n) is 5.45. The predicted molar refractivity (Wildman–Crippen MR) is 65.2 cm³/mol. The van der Waals surface area contributed by atoms with Crippen LogP contribution in [0.4, 0.5) is 0 Å². The van der Waals surface area contributed by atoms with Crippen molar-refractivity contribution in [2.75, 3.05) is 0 Å². The van der Waals surface area contributed by atoms with Crippen molar-refractivity contribution in [1.29, 1.82) is 0 Å². The van der Waals surface area contributed by atoms with Crippen molar-refractivity contribution < 1.29 is 5.11 Å². The van der Waals surface area contributed by atoms with Gasteiger partial charge in [0.2, 0.25) is 0 Å². The van der Waals surface area contributed by atoms with Crippen LogP contribution in [0.15, 0.2) is 24.3 Å². The third kappa shape index (κ3) is 3.22. The molecule has 0 heterocycles. The van der Waals surface area contributed by atoms with Crippen LogP contribution in [0.3, 0.4) is 0 Å².